The topological polar surface area (TPSA) is 102 Å². The molecule has 10 heteroatoms. The van der Waals surface area contributed by atoms with Gasteiger partial charge >= 0.3 is 5.69 Å². The number of nitrogens with zero attached hydrogens (tertiary/aromatic N) is 4. The van der Waals surface area contributed by atoms with Crippen LogP contribution in [0.1, 0.15) is 66.9 Å². The first kappa shape index (κ1) is 32.6. The fourth-order valence-electron chi connectivity index (χ4n) is 6.31. The van der Waals surface area contributed by atoms with E-state index in [-0.39, 0.29) is 42.0 Å². The smallest absolute Gasteiger partial charge is 0.355 e. The maximum Gasteiger partial charge on any atom is 0.355 e. The number of anilines is 1. The van der Waals surface area contributed by atoms with Crippen LogP contribution in [0.15, 0.2) is 46.9 Å². The molecule has 3 aromatic rings. The first-order chi connectivity index (χ1) is 21.5. The van der Waals surface area contributed by atoms with Gasteiger partial charge in [0.1, 0.15) is 36.2 Å². The Bertz CT molecular complexity index is 1680. The number of fused-ring (bicyclic) bond motifs is 4. The summed E-state index contributed by atoms with van der Waals surface area (Å²) in [7, 11) is 0. The average molecular weight is 620 g/mol. The lowest BCUT2D eigenvalue weighted by Crippen LogP contribution is -2.45. The van der Waals surface area contributed by atoms with Crippen molar-refractivity contribution in [2.24, 2.45) is 5.92 Å². The highest BCUT2D eigenvalue weighted by Gasteiger charge is 2.36. The Morgan fingerprint density at radius 2 is 1.96 bits per heavy atom. The van der Waals surface area contributed by atoms with Gasteiger partial charge in [-0.25, -0.2) is 18.7 Å². The zero-order chi connectivity index (χ0) is 32.6. The van der Waals surface area contributed by atoms with Crippen molar-refractivity contribution in [2.75, 3.05) is 18.1 Å². The lowest BCUT2D eigenvalue weighted by atomic mass is 9.90. The summed E-state index contributed by atoms with van der Waals surface area (Å²) in [4.78, 5) is 26.4. The summed E-state index contributed by atoms with van der Waals surface area (Å²) in [6.07, 6.45) is 3.05. The summed E-state index contributed by atoms with van der Waals surface area (Å²) in [5.74, 6) is 0.340. The van der Waals surface area contributed by atoms with E-state index in [1.807, 2.05) is 40.7 Å². The molecule has 2 N–H and O–H groups in total. The minimum absolute atomic E-state index is 0.0159. The van der Waals surface area contributed by atoms with E-state index in [1.54, 1.807) is 24.4 Å². The molecule has 1 aromatic carbocycles. The number of hydrogen-bond acceptors (Lipinski definition) is 8. The number of nitrogens with one attached hydrogen (secondary N) is 1. The molecule has 5 rings (SSSR count). The third-order valence-corrected chi connectivity index (χ3v) is 8.67. The Morgan fingerprint density at radius 1 is 1.20 bits per heavy atom. The SMILES string of the molecule is CCCN(c1nc(=O)n2c3nc(c(C)cc13)-c1c(F)cccc1OCC(OC(C)C)C(O)C1=C2C(C(C)C)NC=C1)[C@@H](C)CC. The van der Waals surface area contributed by atoms with E-state index in [0.717, 1.165) is 18.4 Å². The van der Waals surface area contributed by atoms with Gasteiger partial charge in [0, 0.05) is 18.2 Å². The van der Waals surface area contributed by atoms with Crippen molar-refractivity contribution in [1.82, 2.24) is 19.9 Å². The summed E-state index contributed by atoms with van der Waals surface area (Å²) in [5.41, 5.74) is 2.15. The molecule has 9 nitrogen and oxygen atoms in total. The Kier molecular flexibility index (Phi) is 9.65. The van der Waals surface area contributed by atoms with Gasteiger partial charge in [0.15, 0.2) is 5.65 Å². The van der Waals surface area contributed by atoms with Crippen LogP contribution in [0.25, 0.3) is 28.0 Å². The number of aliphatic hydroxyl groups is 1. The number of rotatable bonds is 8. The molecule has 0 spiro atoms. The van der Waals surface area contributed by atoms with Crippen molar-refractivity contribution in [3.8, 4) is 17.0 Å². The fraction of sp³-hybridized carbons (Fsp3) is 0.514. The lowest BCUT2D eigenvalue weighted by molar-refractivity contribution is -0.0699. The molecule has 45 heavy (non-hydrogen) atoms. The Balaban J connectivity index is 1.98. The molecule has 2 bridgehead atoms. The number of hydrogen-bond donors (Lipinski definition) is 2. The number of aromatic nitrogens is 3. The van der Waals surface area contributed by atoms with Crippen molar-refractivity contribution in [1.29, 1.82) is 0 Å². The summed E-state index contributed by atoms with van der Waals surface area (Å²) < 4.78 is 29.7. The molecular weight excluding hydrogens is 573 g/mol. The molecule has 0 fully saturated rings. The minimum atomic E-state index is -1.18. The van der Waals surface area contributed by atoms with E-state index in [9.17, 15) is 9.90 Å². The number of halogens is 1. The second kappa shape index (κ2) is 13.3. The molecule has 2 aromatic heterocycles. The minimum Gasteiger partial charge on any atom is -0.490 e. The van der Waals surface area contributed by atoms with Gasteiger partial charge in [0.2, 0.25) is 0 Å². The predicted octanol–water partition coefficient (Wildman–Crippen LogP) is 5.82. The number of ether oxygens (including phenoxy) is 2. The van der Waals surface area contributed by atoms with Gasteiger partial charge in [0.05, 0.1) is 34.5 Å². The van der Waals surface area contributed by atoms with Gasteiger partial charge in [-0.2, -0.15) is 4.98 Å². The molecule has 3 unspecified atom stereocenters. The Labute approximate surface area is 264 Å². The summed E-state index contributed by atoms with van der Waals surface area (Å²) in [6.45, 7) is 16.7. The highest BCUT2D eigenvalue weighted by atomic mass is 19.1. The van der Waals surface area contributed by atoms with Gasteiger partial charge in [-0.1, -0.05) is 33.8 Å². The van der Waals surface area contributed by atoms with Gasteiger partial charge in [0.25, 0.3) is 0 Å². The largest absolute Gasteiger partial charge is 0.490 e. The van der Waals surface area contributed by atoms with Crippen LogP contribution in [-0.2, 0) is 4.74 Å². The zero-order valence-corrected chi connectivity index (χ0v) is 27.6. The van der Waals surface area contributed by atoms with Crippen molar-refractivity contribution in [2.45, 2.75) is 98.6 Å². The van der Waals surface area contributed by atoms with Crippen LogP contribution in [0.5, 0.6) is 5.75 Å². The van der Waals surface area contributed by atoms with Gasteiger partial charge < -0.3 is 24.8 Å². The molecule has 4 atom stereocenters. The first-order valence-corrected chi connectivity index (χ1v) is 16.1. The predicted molar refractivity (Wildman–Crippen MR) is 177 cm³/mol. The number of pyridine rings is 1. The zero-order valence-electron chi connectivity index (χ0n) is 27.6. The normalized spacial score (nSPS) is 20.4. The molecule has 0 aliphatic carbocycles. The molecule has 0 radical (unpaired) electrons. The standard InChI is InChI=1S/C35H46FN5O4/c1-9-16-40(22(8)10-2)33-24-17-21(7)30-28-25(36)12-11-13-26(28)44-18-27(45-20(5)6)32(42)23-14-15-37-29(19(3)4)31(23)41(34(24)38-30)35(43)39-33/h11-15,17,19-20,22,27,29,32,37,42H,9-10,16,18H2,1-8H3/t22-,27?,29?,32?/m0/s1. The van der Waals surface area contributed by atoms with Gasteiger partial charge in [-0.3, -0.25) is 0 Å². The second-order valence-corrected chi connectivity index (χ2v) is 12.7. The number of aryl methyl sites for hydroxylation is 1. The van der Waals surface area contributed by atoms with Crippen molar-refractivity contribution < 1.29 is 19.0 Å². The third kappa shape index (κ3) is 6.10. The van der Waals surface area contributed by atoms with Crippen LogP contribution >= 0.6 is 0 Å². The lowest BCUT2D eigenvalue weighted by Gasteiger charge is -2.36. The maximum atomic E-state index is 15.8. The van der Waals surface area contributed by atoms with Crippen LogP contribution in [0.2, 0.25) is 0 Å². The van der Waals surface area contributed by atoms with Crippen molar-refractivity contribution in [3.63, 3.8) is 0 Å². The first-order valence-electron chi connectivity index (χ1n) is 16.1. The van der Waals surface area contributed by atoms with E-state index in [4.69, 9.17) is 19.4 Å². The second-order valence-electron chi connectivity index (χ2n) is 12.7. The Morgan fingerprint density at radius 3 is 2.62 bits per heavy atom. The van der Waals surface area contributed by atoms with Crippen molar-refractivity contribution in [3.05, 3.63) is 64.0 Å². The van der Waals surface area contributed by atoms with Crippen LogP contribution in [-0.4, -0.2) is 63.2 Å². The molecule has 2 aliphatic rings. The summed E-state index contributed by atoms with van der Waals surface area (Å²) >= 11 is 0. The average Bonchev–Trinajstić information content (AvgIpc) is 3.00. The fourth-order valence-corrected chi connectivity index (χ4v) is 6.31. The van der Waals surface area contributed by atoms with Gasteiger partial charge in [-0.15, -0.1) is 0 Å². The van der Waals surface area contributed by atoms with E-state index < -0.39 is 23.7 Å². The molecule has 2 aliphatic heterocycles. The monoisotopic (exact) mass is 619 g/mol. The summed E-state index contributed by atoms with van der Waals surface area (Å²) in [6, 6.07) is 6.34. The maximum absolute atomic E-state index is 15.8. The number of aliphatic hydroxyl groups excluding tert-OH is 1. The number of dihydropyridines is 1. The van der Waals surface area contributed by atoms with E-state index in [1.165, 1.54) is 10.6 Å². The van der Waals surface area contributed by atoms with E-state index in [0.29, 0.717) is 40.4 Å². The highest BCUT2D eigenvalue weighted by molar-refractivity contribution is 5.93. The molecular formula is C35H46FN5O4. The molecule has 4 heterocycles. The van der Waals surface area contributed by atoms with Crippen LogP contribution in [0.4, 0.5) is 10.2 Å². The highest BCUT2D eigenvalue weighted by Crippen LogP contribution is 2.39. The molecule has 242 valence electrons. The number of benzene rings is 1. The van der Waals surface area contributed by atoms with Crippen LogP contribution in [0.3, 0.4) is 0 Å². The summed E-state index contributed by atoms with van der Waals surface area (Å²) in [5, 5.41) is 16.1. The van der Waals surface area contributed by atoms with E-state index >= 15 is 4.39 Å². The van der Waals surface area contributed by atoms with Crippen molar-refractivity contribution >= 4 is 22.5 Å². The quantitative estimate of drug-likeness (QED) is 0.325. The molecule has 0 saturated heterocycles. The molecule has 0 amide bonds. The molecule has 0 saturated carbocycles. The third-order valence-electron chi connectivity index (χ3n) is 8.67. The van der Waals surface area contributed by atoms with Crippen LogP contribution in [0, 0.1) is 18.7 Å². The van der Waals surface area contributed by atoms with Gasteiger partial charge in [-0.05, 0) is 82.5 Å². The van der Waals surface area contributed by atoms with E-state index in [2.05, 4.69) is 31.0 Å². The Hall–Kier alpha value is -3.76. The van der Waals surface area contributed by atoms with Crippen LogP contribution < -0.4 is 20.6 Å².